The van der Waals surface area contributed by atoms with Gasteiger partial charge in [-0.25, -0.2) is 0 Å². The lowest BCUT2D eigenvalue weighted by Crippen LogP contribution is -2.30. The molecule has 0 unspecified atom stereocenters. The van der Waals surface area contributed by atoms with Gasteiger partial charge < -0.3 is 9.88 Å². The van der Waals surface area contributed by atoms with E-state index in [0.717, 1.165) is 37.7 Å². The molecule has 0 aliphatic carbocycles. The van der Waals surface area contributed by atoms with Gasteiger partial charge in [0.1, 0.15) is 11.6 Å². The summed E-state index contributed by atoms with van der Waals surface area (Å²) < 4.78 is 2.32. The second-order valence-corrected chi connectivity index (χ2v) is 6.14. The first-order valence-electron chi connectivity index (χ1n) is 7.75. The van der Waals surface area contributed by atoms with Gasteiger partial charge in [-0.2, -0.15) is 0 Å². The molecular formula is C16H23N5. The summed E-state index contributed by atoms with van der Waals surface area (Å²) in [5, 5.41) is 12.2. The van der Waals surface area contributed by atoms with E-state index in [1.807, 2.05) is 18.5 Å². The van der Waals surface area contributed by atoms with Crippen LogP contribution in [-0.4, -0.2) is 26.3 Å². The Morgan fingerprint density at radius 3 is 3.05 bits per heavy atom. The largest absolute Gasteiger partial charge is 0.314 e. The van der Waals surface area contributed by atoms with Gasteiger partial charge in [0.05, 0.1) is 0 Å². The molecule has 1 aliphatic rings. The van der Waals surface area contributed by atoms with E-state index in [-0.39, 0.29) is 0 Å². The number of hydrogen-bond acceptors (Lipinski definition) is 4. The minimum Gasteiger partial charge on any atom is -0.314 e. The standard InChI is InChI=1S/C16H23N5/c1-12(2)16-20-19-15-6-5-14(11-21(15)16)10-18-9-13-4-3-7-17-8-13/h3-4,7-8,12,14,18H,5-6,9-11H2,1-2H3/t14-/m1/s1. The van der Waals surface area contributed by atoms with E-state index in [1.165, 1.54) is 12.0 Å². The number of aryl methyl sites for hydroxylation is 1. The number of fused-ring (bicyclic) bond motifs is 1. The Kier molecular flexibility index (Phi) is 4.29. The van der Waals surface area contributed by atoms with Crippen LogP contribution in [0.2, 0.25) is 0 Å². The highest BCUT2D eigenvalue weighted by Crippen LogP contribution is 2.23. The minimum absolute atomic E-state index is 0.438. The van der Waals surface area contributed by atoms with Crippen LogP contribution in [0.4, 0.5) is 0 Å². The van der Waals surface area contributed by atoms with Crippen LogP contribution in [0.15, 0.2) is 24.5 Å². The van der Waals surface area contributed by atoms with Gasteiger partial charge in [0.2, 0.25) is 0 Å². The maximum Gasteiger partial charge on any atom is 0.135 e. The lowest BCUT2D eigenvalue weighted by molar-refractivity contribution is 0.340. The Bertz CT molecular complexity index is 576. The number of rotatable bonds is 5. The summed E-state index contributed by atoms with van der Waals surface area (Å²) in [7, 11) is 0. The Morgan fingerprint density at radius 2 is 2.29 bits per heavy atom. The molecule has 2 aromatic rings. The van der Waals surface area contributed by atoms with Crippen molar-refractivity contribution in [1.29, 1.82) is 0 Å². The highest BCUT2D eigenvalue weighted by atomic mass is 15.3. The molecule has 112 valence electrons. The fraction of sp³-hybridized carbons (Fsp3) is 0.562. The first-order chi connectivity index (χ1) is 10.2. The number of nitrogens with one attached hydrogen (secondary N) is 1. The molecule has 1 atom stereocenters. The van der Waals surface area contributed by atoms with Crippen LogP contribution in [0.1, 0.15) is 43.4 Å². The number of nitrogens with zero attached hydrogens (tertiary/aromatic N) is 4. The van der Waals surface area contributed by atoms with Crippen molar-refractivity contribution in [2.24, 2.45) is 5.92 Å². The van der Waals surface area contributed by atoms with Crippen LogP contribution in [0.5, 0.6) is 0 Å². The topological polar surface area (TPSA) is 55.6 Å². The van der Waals surface area contributed by atoms with Crippen molar-refractivity contribution < 1.29 is 0 Å². The molecule has 0 aromatic carbocycles. The van der Waals surface area contributed by atoms with E-state index in [1.54, 1.807) is 0 Å². The zero-order valence-corrected chi connectivity index (χ0v) is 12.8. The molecular weight excluding hydrogens is 262 g/mol. The average Bonchev–Trinajstić information content (AvgIpc) is 2.92. The highest BCUT2D eigenvalue weighted by molar-refractivity contribution is 5.08. The van der Waals surface area contributed by atoms with Gasteiger partial charge in [-0.1, -0.05) is 19.9 Å². The summed E-state index contributed by atoms with van der Waals surface area (Å²) in [4.78, 5) is 4.14. The second-order valence-electron chi connectivity index (χ2n) is 6.14. The summed E-state index contributed by atoms with van der Waals surface area (Å²) in [6, 6.07) is 4.09. The van der Waals surface area contributed by atoms with Crippen molar-refractivity contribution in [3.63, 3.8) is 0 Å². The van der Waals surface area contributed by atoms with Crippen LogP contribution in [0.3, 0.4) is 0 Å². The summed E-state index contributed by atoms with van der Waals surface area (Å²) in [5.74, 6) is 3.38. The summed E-state index contributed by atoms with van der Waals surface area (Å²) >= 11 is 0. The molecule has 0 amide bonds. The van der Waals surface area contributed by atoms with Gasteiger partial charge in [-0.15, -0.1) is 10.2 Å². The summed E-state index contributed by atoms with van der Waals surface area (Å²) in [6.07, 6.45) is 5.96. The van der Waals surface area contributed by atoms with E-state index < -0.39 is 0 Å². The number of hydrogen-bond donors (Lipinski definition) is 1. The summed E-state index contributed by atoms with van der Waals surface area (Å²) in [6.45, 7) is 7.32. The predicted molar refractivity (Wildman–Crippen MR) is 81.9 cm³/mol. The van der Waals surface area contributed by atoms with Gasteiger partial charge in [-0.05, 0) is 30.5 Å². The zero-order valence-electron chi connectivity index (χ0n) is 12.8. The first-order valence-corrected chi connectivity index (χ1v) is 7.75. The molecule has 0 fully saturated rings. The maximum absolute atomic E-state index is 4.34. The molecule has 5 heteroatoms. The van der Waals surface area contributed by atoms with Crippen molar-refractivity contribution in [3.05, 3.63) is 41.7 Å². The fourth-order valence-corrected chi connectivity index (χ4v) is 2.93. The van der Waals surface area contributed by atoms with Gasteiger partial charge in [-0.3, -0.25) is 4.98 Å². The molecule has 1 N–H and O–H groups in total. The van der Waals surface area contributed by atoms with Crippen LogP contribution in [0.25, 0.3) is 0 Å². The number of pyridine rings is 1. The van der Waals surface area contributed by atoms with Crippen molar-refractivity contribution in [2.75, 3.05) is 6.54 Å². The molecule has 3 rings (SSSR count). The minimum atomic E-state index is 0.438. The normalized spacial score (nSPS) is 18.0. The SMILES string of the molecule is CC(C)c1nnc2n1C[C@@H](CNCc1cccnc1)CC2. The van der Waals surface area contributed by atoms with Crippen LogP contribution >= 0.6 is 0 Å². The second kappa shape index (κ2) is 6.35. The Balaban J connectivity index is 1.55. The van der Waals surface area contributed by atoms with E-state index in [4.69, 9.17) is 0 Å². The van der Waals surface area contributed by atoms with Gasteiger partial charge in [0.15, 0.2) is 0 Å². The Hall–Kier alpha value is -1.75. The molecule has 2 aromatic heterocycles. The lowest BCUT2D eigenvalue weighted by atomic mass is 9.98. The number of aromatic nitrogens is 4. The van der Waals surface area contributed by atoms with Crippen LogP contribution < -0.4 is 5.32 Å². The van der Waals surface area contributed by atoms with Crippen LogP contribution in [-0.2, 0) is 19.5 Å². The summed E-state index contributed by atoms with van der Waals surface area (Å²) in [5.41, 5.74) is 1.24. The van der Waals surface area contributed by atoms with Crippen molar-refractivity contribution in [1.82, 2.24) is 25.1 Å². The highest BCUT2D eigenvalue weighted by Gasteiger charge is 2.23. The van der Waals surface area contributed by atoms with E-state index in [2.05, 4.69) is 45.0 Å². The van der Waals surface area contributed by atoms with E-state index in [9.17, 15) is 0 Å². The predicted octanol–water partition coefficient (Wildman–Crippen LogP) is 2.15. The first kappa shape index (κ1) is 14.2. The Morgan fingerprint density at radius 1 is 1.38 bits per heavy atom. The molecule has 0 spiro atoms. The monoisotopic (exact) mass is 285 g/mol. The third-order valence-corrected chi connectivity index (χ3v) is 4.07. The molecule has 21 heavy (non-hydrogen) atoms. The lowest BCUT2D eigenvalue weighted by Gasteiger charge is -2.25. The maximum atomic E-state index is 4.34. The third-order valence-electron chi connectivity index (χ3n) is 4.07. The quantitative estimate of drug-likeness (QED) is 0.914. The van der Waals surface area contributed by atoms with Crippen molar-refractivity contribution >= 4 is 0 Å². The van der Waals surface area contributed by atoms with Gasteiger partial charge in [0, 0.05) is 37.8 Å². The molecule has 1 aliphatic heterocycles. The van der Waals surface area contributed by atoms with Gasteiger partial charge >= 0.3 is 0 Å². The third kappa shape index (κ3) is 3.29. The molecule has 5 nitrogen and oxygen atoms in total. The zero-order chi connectivity index (χ0) is 14.7. The molecule has 0 radical (unpaired) electrons. The molecule has 0 saturated heterocycles. The molecule has 0 bridgehead atoms. The van der Waals surface area contributed by atoms with Crippen molar-refractivity contribution in [2.45, 2.75) is 45.7 Å². The Labute approximate surface area is 125 Å². The molecule has 0 saturated carbocycles. The van der Waals surface area contributed by atoms with E-state index >= 15 is 0 Å². The van der Waals surface area contributed by atoms with Gasteiger partial charge in [0.25, 0.3) is 0 Å². The van der Waals surface area contributed by atoms with E-state index in [0.29, 0.717) is 11.8 Å². The van der Waals surface area contributed by atoms with Crippen LogP contribution in [0, 0.1) is 5.92 Å². The van der Waals surface area contributed by atoms with Crippen molar-refractivity contribution in [3.8, 4) is 0 Å². The smallest absolute Gasteiger partial charge is 0.135 e. The molecule has 3 heterocycles. The fourth-order valence-electron chi connectivity index (χ4n) is 2.93. The average molecular weight is 285 g/mol.